The molecule has 0 unspecified atom stereocenters. The molecule has 0 aliphatic heterocycles. The van der Waals surface area contributed by atoms with E-state index in [0.717, 1.165) is 5.56 Å². The second-order valence-electron chi connectivity index (χ2n) is 5.41. The zero-order valence-corrected chi connectivity index (χ0v) is 13.4. The van der Waals surface area contributed by atoms with Gasteiger partial charge in [0.05, 0.1) is 0 Å². The number of carbonyl (C=O) groups excluding carboxylic acids is 1. The van der Waals surface area contributed by atoms with Gasteiger partial charge in [0, 0.05) is 18.5 Å². The lowest BCUT2D eigenvalue weighted by Crippen LogP contribution is -2.24. The molecule has 0 aliphatic carbocycles. The highest BCUT2D eigenvalue weighted by molar-refractivity contribution is 5.94. The van der Waals surface area contributed by atoms with E-state index in [1.807, 2.05) is 30.3 Å². The van der Waals surface area contributed by atoms with Gasteiger partial charge in [-0.2, -0.15) is 0 Å². The lowest BCUT2D eigenvalue weighted by atomic mass is 10.2. The van der Waals surface area contributed by atoms with Gasteiger partial charge in [0.15, 0.2) is 0 Å². The van der Waals surface area contributed by atoms with Crippen LogP contribution in [0.5, 0.6) is 5.75 Å². The summed E-state index contributed by atoms with van der Waals surface area (Å²) >= 11 is 0. The number of hydrogen-bond acceptors (Lipinski definition) is 3. The normalized spacial score (nSPS) is 10.2. The van der Waals surface area contributed by atoms with Crippen LogP contribution in [0.15, 0.2) is 54.6 Å². The van der Waals surface area contributed by atoms with Gasteiger partial charge in [-0.05, 0) is 42.7 Å². The molecule has 0 saturated heterocycles. The third-order valence-corrected chi connectivity index (χ3v) is 3.47. The Hall–Kier alpha value is -2.82. The Morgan fingerprint density at radius 3 is 2.33 bits per heavy atom. The number of amides is 1. The van der Waals surface area contributed by atoms with Crippen LogP contribution >= 0.6 is 0 Å². The lowest BCUT2D eigenvalue weighted by molar-refractivity contribution is -0.137. The monoisotopic (exact) mass is 327 g/mol. The second-order valence-corrected chi connectivity index (χ2v) is 5.41. The Morgan fingerprint density at radius 2 is 1.67 bits per heavy atom. The molecule has 0 aromatic heterocycles. The van der Waals surface area contributed by atoms with Crippen molar-refractivity contribution in [3.05, 3.63) is 65.7 Å². The quantitative estimate of drug-likeness (QED) is 0.693. The van der Waals surface area contributed by atoms with Gasteiger partial charge in [-0.15, -0.1) is 0 Å². The highest BCUT2D eigenvalue weighted by Crippen LogP contribution is 2.14. The molecule has 5 nitrogen and oxygen atoms in total. The summed E-state index contributed by atoms with van der Waals surface area (Å²) in [6.07, 6.45) is 1.33. The zero-order valence-electron chi connectivity index (χ0n) is 13.4. The molecular weight excluding hydrogens is 306 g/mol. The van der Waals surface area contributed by atoms with Crippen molar-refractivity contribution in [3.8, 4) is 5.75 Å². The van der Waals surface area contributed by atoms with E-state index < -0.39 is 5.97 Å². The van der Waals surface area contributed by atoms with Crippen LogP contribution in [0, 0.1) is 0 Å². The first-order chi connectivity index (χ1) is 11.6. The molecule has 0 radical (unpaired) electrons. The van der Waals surface area contributed by atoms with Crippen LogP contribution < -0.4 is 10.1 Å². The van der Waals surface area contributed by atoms with Crippen LogP contribution in [0.1, 0.15) is 35.2 Å². The average molecular weight is 327 g/mol. The minimum Gasteiger partial charge on any atom is -0.489 e. The summed E-state index contributed by atoms with van der Waals surface area (Å²) in [5, 5.41) is 11.3. The van der Waals surface area contributed by atoms with Gasteiger partial charge in [-0.25, -0.2) is 0 Å². The summed E-state index contributed by atoms with van der Waals surface area (Å²) in [5.41, 5.74) is 1.64. The van der Waals surface area contributed by atoms with Crippen molar-refractivity contribution in [3.63, 3.8) is 0 Å². The smallest absolute Gasteiger partial charge is 0.303 e. The summed E-state index contributed by atoms with van der Waals surface area (Å²) in [7, 11) is 0. The number of rotatable bonds is 9. The molecule has 0 atom stereocenters. The van der Waals surface area contributed by atoms with Crippen LogP contribution in [-0.2, 0) is 11.4 Å². The maximum Gasteiger partial charge on any atom is 0.303 e. The third-order valence-electron chi connectivity index (χ3n) is 3.47. The molecular formula is C19H21NO4. The van der Waals surface area contributed by atoms with E-state index in [9.17, 15) is 9.59 Å². The minimum absolute atomic E-state index is 0.128. The number of hydrogen-bond donors (Lipinski definition) is 2. The van der Waals surface area contributed by atoms with Crippen molar-refractivity contribution < 1.29 is 19.4 Å². The first-order valence-corrected chi connectivity index (χ1v) is 7.92. The number of aliphatic carboxylic acids is 1. The van der Waals surface area contributed by atoms with E-state index >= 15 is 0 Å². The van der Waals surface area contributed by atoms with Crippen LogP contribution in [0.25, 0.3) is 0 Å². The molecule has 0 fully saturated rings. The number of unbranched alkanes of at least 4 members (excludes halogenated alkanes) is 1. The number of nitrogens with one attached hydrogen (secondary N) is 1. The highest BCUT2D eigenvalue weighted by atomic mass is 16.5. The Balaban J connectivity index is 1.74. The van der Waals surface area contributed by atoms with Crippen molar-refractivity contribution in [2.75, 3.05) is 6.54 Å². The van der Waals surface area contributed by atoms with Crippen molar-refractivity contribution in [1.82, 2.24) is 5.32 Å². The Kier molecular flexibility index (Phi) is 6.83. The lowest BCUT2D eigenvalue weighted by Gasteiger charge is -2.08. The van der Waals surface area contributed by atoms with Gasteiger partial charge < -0.3 is 15.2 Å². The van der Waals surface area contributed by atoms with Gasteiger partial charge in [-0.3, -0.25) is 9.59 Å². The van der Waals surface area contributed by atoms with Crippen LogP contribution in [-0.4, -0.2) is 23.5 Å². The fourth-order valence-corrected chi connectivity index (χ4v) is 2.15. The first-order valence-electron chi connectivity index (χ1n) is 7.92. The van der Waals surface area contributed by atoms with E-state index in [2.05, 4.69) is 5.32 Å². The SMILES string of the molecule is O=C(O)CCCCNC(=O)c1ccc(OCc2ccccc2)cc1. The number of carbonyl (C=O) groups is 2. The molecule has 0 heterocycles. The van der Waals surface area contributed by atoms with Crippen LogP contribution in [0.3, 0.4) is 0 Å². The van der Waals surface area contributed by atoms with Crippen molar-refractivity contribution in [1.29, 1.82) is 0 Å². The van der Waals surface area contributed by atoms with Gasteiger partial charge >= 0.3 is 5.97 Å². The van der Waals surface area contributed by atoms with Crippen LogP contribution in [0.4, 0.5) is 0 Å². The topological polar surface area (TPSA) is 75.6 Å². The molecule has 0 saturated carbocycles. The predicted octanol–water partition coefficient (Wildman–Crippen LogP) is 3.25. The van der Waals surface area contributed by atoms with Gasteiger partial charge in [-0.1, -0.05) is 30.3 Å². The molecule has 1 amide bonds. The van der Waals surface area contributed by atoms with Gasteiger partial charge in [0.25, 0.3) is 5.91 Å². The maximum absolute atomic E-state index is 12.0. The highest BCUT2D eigenvalue weighted by Gasteiger charge is 2.05. The minimum atomic E-state index is -0.813. The molecule has 2 aromatic rings. The Labute approximate surface area is 141 Å². The summed E-state index contributed by atoms with van der Waals surface area (Å²) < 4.78 is 5.67. The van der Waals surface area contributed by atoms with Gasteiger partial charge in [0.2, 0.25) is 0 Å². The van der Waals surface area contributed by atoms with Crippen molar-refractivity contribution in [2.24, 2.45) is 0 Å². The standard InChI is InChI=1S/C19H21NO4/c21-18(22)8-4-5-13-20-19(23)16-9-11-17(12-10-16)24-14-15-6-2-1-3-7-15/h1-3,6-7,9-12H,4-5,8,13-14H2,(H,20,23)(H,21,22). The molecule has 24 heavy (non-hydrogen) atoms. The van der Waals surface area contributed by atoms with Gasteiger partial charge in [0.1, 0.15) is 12.4 Å². The number of carboxylic acids is 1. The Morgan fingerprint density at radius 1 is 0.958 bits per heavy atom. The largest absolute Gasteiger partial charge is 0.489 e. The molecule has 0 aliphatic rings. The zero-order chi connectivity index (χ0) is 17.2. The maximum atomic E-state index is 12.0. The third kappa shape index (κ3) is 6.12. The summed E-state index contributed by atoms with van der Waals surface area (Å²) in [6.45, 7) is 0.953. The molecule has 0 spiro atoms. The second kappa shape index (κ2) is 9.35. The molecule has 0 bridgehead atoms. The molecule has 5 heteroatoms. The number of carboxylic acid groups (broad SMARTS) is 1. The summed E-state index contributed by atoms with van der Waals surface area (Å²) in [4.78, 5) is 22.4. The Bertz CT molecular complexity index is 653. The van der Waals surface area contributed by atoms with Crippen molar-refractivity contribution in [2.45, 2.75) is 25.9 Å². The van der Waals surface area contributed by atoms with E-state index in [0.29, 0.717) is 37.3 Å². The summed E-state index contributed by atoms with van der Waals surface area (Å²) in [5.74, 6) is -0.274. The molecule has 126 valence electrons. The average Bonchev–Trinajstić information content (AvgIpc) is 2.60. The fraction of sp³-hybridized carbons (Fsp3) is 0.263. The predicted molar refractivity (Wildman–Crippen MR) is 91.0 cm³/mol. The molecule has 2 aromatic carbocycles. The van der Waals surface area contributed by atoms with E-state index in [4.69, 9.17) is 9.84 Å². The van der Waals surface area contributed by atoms with Crippen LogP contribution in [0.2, 0.25) is 0 Å². The molecule has 2 N–H and O–H groups in total. The first kappa shape index (κ1) is 17.5. The van der Waals surface area contributed by atoms with Crippen molar-refractivity contribution >= 4 is 11.9 Å². The van der Waals surface area contributed by atoms with E-state index in [1.165, 1.54) is 0 Å². The number of benzene rings is 2. The van der Waals surface area contributed by atoms with E-state index in [-0.39, 0.29) is 12.3 Å². The fourth-order valence-electron chi connectivity index (χ4n) is 2.15. The number of ether oxygens (including phenoxy) is 1. The summed E-state index contributed by atoms with van der Waals surface area (Å²) in [6, 6.07) is 16.8. The molecule has 2 rings (SSSR count). The van der Waals surface area contributed by atoms with E-state index in [1.54, 1.807) is 24.3 Å².